The predicted octanol–water partition coefficient (Wildman–Crippen LogP) is 1.47. The van der Waals surface area contributed by atoms with E-state index in [1.807, 2.05) is 0 Å². The molecule has 0 unspecified atom stereocenters. The Balaban J connectivity index is 2.28. The second-order valence-electron chi connectivity index (χ2n) is 2.54. The Labute approximate surface area is 80.3 Å². The second-order valence-corrected chi connectivity index (χ2v) is 2.54. The normalized spacial score (nSPS) is 9.50. The van der Waals surface area contributed by atoms with E-state index in [1.165, 1.54) is 18.2 Å². The smallest absolute Gasteiger partial charge is 0.404 e. The quantitative estimate of drug-likeness (QED) is 0.722. The van der Waals surface area contributed by atoms with Crippen molar-refractivity contribution in [1.82, 2.24) is 5.32 Å². The number of amides is 1. The monoisotopic (exact) mass is 199 g/mol. The van der Waals surface area contributed by atoms with Crippen molar-refractivity contribution in [3.05, 3.63) is 30.1 Å². The van der Waals surface area contributed by atoms with E-state index in [1.54, 1.807) is 6.07 Å². The lowest BCUT2D eigenvalue weighted by Crippen LogP contribution is -2.26. The summed E-state index contributed by atoms with van der Waals surface area (Å²) in [4.78, 5) is 10.0. The molecule has 0 spiro atoms. The summed E-state index contributed by atoms with van der Waals surface area (Å²) in [5.41, 5.74) is 0. The van der Waals surface area contributed by atoms with Crippen LogP contribution in [0.3, 0.4) is 0 Å². The molecule has 2 N–H and O–H groups in total. The van der Waals surface area contributed by atoms with Gasteiger partial charge in [-0.05, 0) is 12.1 Å². The molecule has 14 heavy (non-hydrogen) atoms. The Morgan fingerprint density at radius 1 is 1.57 bits per heavy atom. The lowest BCUT2D eigenvalue weighted by atomic mass is 10.3. The van der Waals surface area contributed by atoms with Crippen LogP contribution in [0.2, 0.25) is 0 Å². The maximum atomic E-state index is 12.6. The molecule has 0 heterocycles. The highest BCUT2D eigenvalue weighted by molar-refractivity contribution is 5.64. The predicted molar refractivity (Wildman–Crippen MR) is 47.9 cm³/mol. The van der Waals surface area contributed by atoms with Gasteiger partial charge in [0.25, 0.3) is 0 Å². The van der Waals surface area contributed by atoms with Gasteiger partial charge in [-0.2, -0.15) is 0 Å². The van der Waals surface area contributed by atoms with E-state index in [9.17, 15) is 9.18 Å². The van der Waals surface area contributed by atoms with Gasteiger partial charge in [-0.25, -0.2) is 9.18 Å². The van der Waals surface area contributed by atoms with Gasteiger partial charge in [-0.3, -0.25) is 0 Å². The number of halogens is 1. The van der Waals surface area contributed by atoms with Crippen molar-refractivity contribution in [3.63, 3.8) is 0 Å². The first-order valence-corrected chi connectivity index (χ1v) is 4.03. The molecule has 76 valence electrons. The molecule has 1 aromatic rings. The molecule has 5 heteroatoms. The van der Waals surface area contributed by atoms with E-state index in [-0.39, 0.29) is 19.0 Å². The number of carbonyl (C=O) groups is 1. The number of carboxylic acid groups (broad SMARTS) is 1. The van der Waals surface area contributed by atoms with Crippen molar-refractivity contribution >= 4 is 6.09 Å². The first-order chi connectivity index (χ1) is 6.68. The Kier molecular flexibility index (Phi) is 3.72. The van der Waals surface area contributed by atoms with E-state index in [4.69, 9.17) is 9.84 Å². The van der Waals surface area contributed by atoms with Crippen LogP contribution in [0.4, 0.5) is 9.18 Å². The molecule has 0 bridgehead atoms. The number of nitrogens with one attached hydrogen (secondary N) is 1. The zero-order valence-corrected chi connectivity index (χ0v) is 7.37. The van der Waals surface area contributed by atoms with Crippen molar-refractivity contribution in [2.24, 2.45) is 0 Å². The van der Waals surface area contributed by atoms with Crippen LogP contribution in [0, 0.1) is 5.82 Å². The summed E-state index contributed by atoms with van der Waals surface area (Å²) < 4.78 is 17.7. The van der Waals surface area contributed by atoms with Gasteiger partial charge in [0.05, 0.1) is 6.54 Å². The molecular formula is C9H10FNO3. The van der Waals surface area contributed by atoms with Gasteiger partial charge >= 0.3 is 6.09 Å². The van der Waals surface area contributed by atoms with Gasteiger partial charge in [-0.15, -0.1) is 0 Å². The van der Waals surface area contributed by atoms with Gasteiger partial charge in [0.15, 0.2) is 0 Å². The Morgan fingerprint density at radius 3 is 3.00 bits per heavy atom. The fourth-order valence-corrected chi connectivity index (χ4v) is 0.884. The molecule has 0 aliphatic heterocycles. The zero-order chi connectivity index (χ0) is 10.4. The molecular weight excluding hydrogens is 189 g/mol. The molecule has 0 fully saturated rings. The van der Waals surface area contributed by atoms with Crippen LogP contribution < -0.4 is 10.1 Å². The fraction of sp³-hybridized carbons (Fsp3) is 0.222. The van der Waals surface area contributed by atoms with Gasteiger partial charge in [0.2, 0.25) is 0 Å². The molecule has 1 amide bonds. The van der Waals surface area contributed by atoms with E-state index in [2.05, 4.69) is 5.32 Å². The minimum absolute atomic E-state index is 0.172. The van der Waals surface area contributed by atoms with Crippen molar-refractivity contribution in [3.8, 4) is 5.75 Å². The number of benzene rings is 1. The highest BCUT2D eigenvalue weighted by Gasteiger charge is 1.96. The summed E-state index contributed by atoms with van der Waals surface area (Å²) in [6, 6.07) is 5.67. The summed E-state index contributed by atoms with van der Waals surface area (Å²) in [7, 11) is 0. The molecule has 0 aliphatic carbocycles. The number of rotatable bonds is 4. The standard InChI is InChI=1S/C9H10FNO3/c10-7-2-1-3-8(6-7)14-5-4-11-9(12)13/h1-3,6,11H,4-5H2,(H,12,13). The van der Waals surface area contributed by atoms with Crippen molar-refractivity contribution < 1.29 is 19.0 Å². The molecule has 4 nitrogen and oxygen atoms in total. The third-order valence-electron chi connectivity index (χ3n) is 1.44. The Hall–Kier alpha value is -1.78. The van der Waals surface area contributed by atoms with Crippen molar-refractivity contribution in [1.29, 1.82) is 0 Å². The zero-order valence-electron chi connectivity index (χ0n) is 7.37. The highest BCUT2D eigenvalue weighted by atomic mass is 19.1. The van der Waals surface area contributed by atoms with Crippen LogP contribution >= 0.6 is 0 Å². The van der Waals surface area contributed by atoms with E-state index in [0.29, 0.717) is 5.75 Å². The molecule has 1 rings (SSSR count). The average molecular weight is 199 g/mol. The minimum Gasteiger partial charge on any atom is -0.492 e. The second kappa shape index (κ2) is 5.06. The molecule has 0 atom stereocenters. The third-order valence-corrected chi connectivity index (χ3v) is 1.44. The third kappa shape index (κ3) is 3.75. The van der Waals surface area contributed by atoms with E-state index in [0.717, 1.165) is 0 Å². The van der Waals surface area contributed by atoms with E-state index < -0.39 is 6.09 Å². The summed E-state index contributed by atoms with van der Waals surface area (Å²) in [5, 5.41) is 10.4. The van der Waals surface area contributed by atoms with Gasteiger partial charge < -0.3 is 15.2 Å². The van der Waals surface area contributed by atoms with Crippen LogP contribution in [0.5, 0.6) is 5.75 Å². The Morgan fingerprint density at radius 2 is 2.36 bits per heavy atom. The number of ether oxygens (including phenoxy) is 1. The minimum atomic E-state index is -1.10. The molecule has 0 aliphatic rings. The molecule has 0 saturated carbocycles. The first kappa shape index (κ1) is 10.3. The molecule has 0 saturated heterocycles. The fourth-order valence-electron chi connectivity index (χ4n) is 0.884. The summed E-state index contributed by atoms with van der Waals surface area (Å²) in [6.45, 7) is 0.349. The Bertz CT molecular complexity index is 317. The van der Waals surface area contributed by atoms with Gasteiger partial charge in [-0.1, -0.05) is 6.07 Å². The van der Waals surface area contributed by atoms with Gasteiger partial charge in [0, 0.05) is 6.07 Å². The lowest BCUT2D eigenvalue weighted by molar-refractivity contribution is 0.191. The molecule has 0 radical (unpaired) electrons. The SMILES string of the molecule is O=C(O)NCCOc1cccc(F)c1. The van der Waals surface area contributed by atoms with Crippen LogP contribution in [-0.4, -0.2) is 24.4 Å². The number of hydrogen-bond donors (Lipinski definition) is 2. The summed E-state index contributed by atoms with van der Waals surface area (Å²) in [6.07, 6.45) is -1.10. The topological polar surface area (TPSA) is 58.6 Å². The molecule has 1 aromatic carbocycles. The maximum absolute atomic E-state index is 12.6. The van der Waals surface area contributed by atoms with Crippen LogP contribution in [0.1, 0.15) is 0 Å². The largest absolute Gasteiger partial charge is 0.492 e. The van der Waals surface area contributed by atoms with Crippen molar-refractivity contribution in [2.75, 3.05) is 13.2 Å². The van der Waals surface area contributed by atoms with Crippen LogP contribution in [0.25, 0.3) is 0 Å². The van der Waals surface area contributed by atoms with Crippen molar-refractivity contribution in [2.45, 2.75) is 0 Å². The molecule has 0 aromatic heterocycles. The highest BCUT2D eigenvalue weighted by Crippen LogP contribution is 2.11. The van der Waals surface area contributed by atoms with Crippen LogP contribution in [-0.2, 0) is 0 Å². The summed E-state index contributed by atoms with van der Waals surface area (Å²) >= 11 is 0. The maximum Gasteiger partial charge on any atom is 0.404 e. The average Bonchev–Trinajstić information content (AvgIpc) is 2.12. The van der Waals surface area contributed by atoms with Gasteiger partial charge in [0.1, 0.15) is 18.2 Å². The van der Waals surface area contributed by atoms with E-state index >= 15 is 0 Å². The lowest BCUT2D eigenvalue weighted by Gasteiger charge is -2.05. The first-order valence-electron chi connectivity index (χ1n) is 4.03. The van der Waals surface area contributed by atoms with Crippen LogP contribution in [0.15, 0.2) is 24.3 Å². The number of hydrogen-bond acceptors (Lipinski definition) is 2. The summed E-state index contributed by atoms with van der Waals surface area (Å²) in [5.74, 6) is 0.00545.